The van der Waals surface area contributed by atoms with Crippen LogP contribution in [0.2, 0.25) is 0 Å². The maximum atomic E-state index is 12.9. The van der Waals surface area contributed by atoms with Crippen molar-refractivity contribution >= 4 is 5.82 Å². The molecule has 2 N–H and O–H groups in total. The summed E-state index contributed by atoms with van der Waals surface area (Å²) in [5.41, 5.74) is 6.53. The third-order valence-corrected chi connectivity index (χ3v) is 1.75. The first-order chi connectivity index (χ1) is 6.77. The van der Waals surface area contributed by atoms with Crippen molar-refractivity contribution in [1.29, 1.82) is 0 Å². The van der Waals surface area contributed by atoms with Gasteiger partial charge in [0.05, 0.1) is 0 Å². The second-order valence-electron chi connectivity index (χ2n) is 2.70. The SMILES string of the molecule is Nc1ncnnc1-c1cccc(F)c1. The normalized spacial score (nSPS) is 10.1. The molecule has 0 aliphatic rings. The molecule has 1 aromatic carbocycles. The van der Waals surface area contributed by atoms with E-state index >= 15 is 0 Å². The van der Waals surface area contributed by atoms with E-state index in [1.165, 1.54) is 18.5 Å². The number of benzene rings is 1. The van der Waals surface area contributed by atoms with Crippen molar-refractivity contribution in [2.24, 2.45) is 0 Å². The van der Waals surface area contributed by atoms with Gasteiger partial charge in [0.2, 0.25) is 0 Å². The van der Waals surface area contributed by atoms with Crippen LogP contribution in [0.15, 0.2) is 30.6 Å². The van der Waals surface area contributed by atoms with Gasteiger partial charge in [-0.2, -0.15) is 0 Å². The number of aromatic nitrogens is 3. The molecule has 0 saturated heterocycles. The number of rotatable bonds is 1. The Bertz CT molecular complexity index is 458. The summed E-state index contributed by atoms with van der Waals surface area (Å²) in [6.07, 6.45) is 1.25. The number of nitrogen functional groups attached to an aromatic ring is 1. The van der Waals surface area contributed by atoms with Crippen molar-refractivity contribution < 1.29 is 4.39 Å². The van der Waals surface area contributed by atoms with E-state index in [9.17, 15) is 4.39 Å². The maximum absolute atomic E-state index is 12.9. The Morgan fingerprint density at radius 3 is 2.86 bits per heavy atom. The highest BCUT2D eigenvalue weighted by molar-refractivity contribution is 5.68. The molecule has 0 unspecified atom stereocenters. The summed E-state index contributed by atoms with van der Waals surface area (Å²) in [4.78, 5) is 3.77. The van der Waals surface area contributed by atoms with Crippen LogP contribution in [0.4, 0.5) is 10.2 Å². The summed E-state index contributed by atoms with van der Waals surface area (Å²) in [5, 5.41) is 7.37. The summed E-state index contributed by atoms with van der Waals surface area (Å²) >= 11 is 0. The Hall–Kier alpha value is -2.04. The minimum atomic E-state index is -0.340. The van der Waals surface area contributed by atoms with Crippen LogP contribution in [0.25, 0.3) is 11.3 Å². The largest absolute Gasteiger partial charge is 0.382 e. The maximum Gasteiger partial charge on any atom is 0.153 e. The fourth-order valence-electron chi connectivity index (χ4n) is 1.13. The van der Waals surface area contributed by atoms with Gasteiger partial charge in [-0.05, 0) is 12.1 Å². The third kappa shape index (κ3) is 1.52. The first-order valence-corrected chi connectivity index (χ1v) is 3.96. The molecule has 0 spiro atoms. The highest BCUT2D eigenvalue weighted by Crippen LogP contribution is 2.20. The summed E-state index contributed by atoms with van der Waals surface area (Å²) in [6, 6.07) is 5.97. The molecule has 0 aliphatic heterocycles. The lowest BCUT2D eigenvalue weighted by molar-refractivity contribution is 0.628. The van der Waals surface area contributed by atoms with E-state index in [2.05, 4.69) is 15.2 Å². The monoisotopic (exact) mass is 190 g/mol. The first-order valence-electron chi connectivity index (χ1n) is 3.96. The first kappa shape index (κ1) is 8.55. The molecule has 0 amide bonds. The molecule has 14 heavy (non-hydrogen) atoms. The number of nitrogens with zero attached hydrogens (tertiary/aromatic N) is 3. The van der Waals surface area contributed by atoms with Crippen molar-refractivity contribution in [1.82, 2.24) is 15.2 Å². The summed E-state index contributed by atoms with van der Waals surface area (Å²) in [5.74, 6) is -0.0989. The van der Waals surface area contributed by atoms with Crippen LogP contribution in [0.3, 0.4) is 0 Å². The third-order valence-electron chi connectivity index (χ3n) is 1.75. The Labute approximate surface area is 79.6 Å². The molecule has 0 radical (unpaired) electrons. The van der Waals surface area contributed by atoms with Crippen molar-refractivity contribution in [3.05, 3.63) is 36.4 Å². The Balaban J connectivity index is 2.55. The fraction of sp³-hybridized carbons (Fsp3) is 0. The van der Waals surface area contributed by atoms with E-state index in [0.717, 1.165) is 0 Å². The lowest BCUT2D eigenvalue weighted by Gasteiger charge is -2.01. The highest BCUT2D eigenvalue weighted by atomic mass is 19.1. The van der Waals surface area contributed by atoms with Crippen LogP contribution < -0.4 is 5.73 Å². The van der Waals surface area contributed by atoms with Crippen molar-refractivity contribution in [3.8, 4) is 11.3 Å². The van der Waals surface area contributed by atoms with Gasteiger partial charge in [-0.15, -0.1) is 10.2 Å². The molecule has 70 valence electrons. The van der Waals surface area contributed by atoms with Crippen molar-refractivity contribution in [3.63, 3.8) is 0 Å². The van der Waals surface area contributed by atoms with Gasteiger partial charge in [0.15, 0.2) is 5.82 Å². The molecular weight excluding hydrogens is 183 g/mol. The molecule has 1 aromatic heterocycles. The van der Waals surface area contributed by atoms with Gasteiger partial charge in [0.25, 0.3) is 0 Å². The average Bonchev–Trinajstić information content (AvgIpc) is 2.18. The molecular formula is C9H7FN4. The highest BCUT2D eigenvalue weighted by Gasteiger charge is 2.05. The second-order valence-corrected chi connectivity index (χ2v) is 2.70. The number of hydrogen-bond acceptors (Lipinski definition) is 4. The predicted molar refractivity (Wildman–Crippen MR) is 49.6 cm³/mol. The topological polar surface area (TPSA) is 64.7 Å². The molecule has 2 aromatic rings. The van der Waals surface area contributed by atoms with Crippen LogP contribution in [-0.2, 0) is 0 Å². The average molecular weight is 190 g/mol. The Morgan fingerprint density at radius 1 is 1.29 bits per heavy atom. The quantitative estimate of drug-likeness (QED) is 0.735. The van der Waals surface area contributed by atoms with E-state index in [4.69, 9.17) is 5.73 Å². The molecule has 5 heteroatoms. The minimum Gasteiger partial charge on any atom is -0.382 e. The Kier molecular flexibility index (Phi) is 2.06. The van der Waals surface area contributed by atoms with E-state index in [1.54, 1.807) is 12.1 Å². The van der Waals surface area contributed by atoms with E-state index in [1.807, 2.05) is 0 Å². The van der Waals surface area contributed by atoms with Crippen molar-refractivity contribution in [2.75, 3.05) is 5.73 Å². The smallest absolute Gasteiger partial charge is 0.153 e. The van der Waals surface area contributed by atoms with E-state index in [-0.39, 0.29) is 11.6 Å². The molecule has 0 fully saturated rings. The molecule has 4 nitrogen and oxygen atoms in total. The minimum absolute atomic E-state index is 0.241. The van der Waals surface area contributed by atoms with Gasteiger partial charge in [-0.3, -0.25) is 0 Å². The van der Waals surface area contributed by atoms with Crippen molar-refractivity contribution in [2.45, 2.75) is 0 Å². The summed E-state index contributed by atoms with van der Waals surface area (Å²) in [6.45, 7) is 0. The van der Waals surface area contributed by atoms with E-state index < -0.39 is 0 Å². The van der Waals surface area contributed by atoms with Gasteiger partial charge < -0.3 is 5.73 Å². The number of nitrogens with two attached hydrogens (primary N) is 1. The summed E-state index contributed by atoms with van der Waals surface area (Å²) in [7, 11) is 0. The number of halogens is 1. The lowest BCUT2D eigenvalue weighted by atomic mass is 10.1. The van der Waals surface area contributed by atoms with E-state index in [0.29, 0.717) is 11.3 Å². The second kappa shape index (κ2) is 3.37. The molecule has 0 aliphatic carbocycles. The van der Waals surface area contributed by atoms with Crippen LogP contribution in [0, 0.1) is 5.82 Å². The van der Waals surface area contributed by atoms with Crippen LogP contribution >= 0.6 is 0 Å². The molecule has 1 heterocycles. The van der Waals surface area contributed by atoms with Crippen LogP contribution in [0.1, 0.15) is 0 Å². The van der Waals surface area contributed by atoms with Gasteiger partial charge in [0, 0.05) is 5.56 Å². The fourth-order valence-corrected chi connectivity index (χ4v) is 1.13. The molecule has 0 saturated carbocycles. The zero-order valence-corrected chi connectivity index (χ0v) is 7.18. The molecule has 2 rings (SSSR count). The Morgan fingerprint density at radius 2 is 2.14 bits per heavy atom. The predicted octanol–water partition coefficient (Wildman–Crippen LogP) is 1.26. The molecule has 0 bridgehead atoms. The van der Waals surface area contributed by atoms with Gasteiger partial charge >= 0.3 is 0 Å². The van der Waals surface area contributed by atoms with Gasteiger partial charge in [-0.25, -0.2) is 9.37 Å². The zero-order valence-electron chi connectivity index (χ0n) is 7.18. The molecule has 0 atom stereocenters. The van der Waals surface area contributed by atoms with Crippen LogP contribution in [-0.4, -0.2) is 15.2 Å². The number of anilines is 1. The van der Waals surface area contributed by atoms with Crippen LogP contribution in [0.5, 0.6) is 0 Å². The zero-order chi connectivity index (χ0) is 9.97. The van der Waals surface area contributed by atoms with Gasteiger partial charge in [0.1, 0.15) is 17.8 Å². The van der Waals surface area contributed by atoms with Gasteiger partial charge in [-0.1, -0.05) is 12.1 Å². The lowest BCUT2D eigenvalue weighted by Crippen LogP contribution is -1.98. The number of hydrogen-bond donors (Lipinski definition) is 1. The summed E-state index contributed by atoms with van der Waals surface area (Å²) < 4.78 is 12.9. The standard InChI is InChI=1S/C9H7FN4/c10-7-3-1-2-6(4-7)8-9(11)12-5-13-14-8/h1-5H,(H2,11,12,13).